The first-order valence-corrected chi connectivity index (χ1v) is 6.29. The van der Waals surface area contributed by atoms with Crippen LogP contribution in [0, 0.1) is 0 Å². The van der Waals surface area contributed by atoms with Gasteiger partial charge in [-0.05, 0) is 12.8 Å². The van der Waals surface area contributed by atoms with Crippen molar-refractivity contribution >= 4 is 22.4 Å². The maximum Gasteiger partial charge on any atom is 0.260 e. The number of nitrogens with zero attached hydrogens (tertiary/aromatic N) is 2. The van der Waals surface area contributed by atoms with Gasteiger partial charge in [0.05, 0.1) is 12.5 Å². The largest absolute Gasteiger partial charge is 0.335 e. The fraction of sp³-hybridized carbons (Fsp3) is 0.625. The Morgan fingerprint density at radius 3 is 2.88 bits per heavy atom. The first-order chi connectivity index (χ1) is 7.10. The average Bonchev–Trinajstić information content (AvgIpc) is 2.71. The van der Waals surface area contributed by atoms with E-state index < -0.39 is 10.0 Å². The molecule has 1 atom stereocenters. The van der Waals surface area contributed by atoms with Gasteiger partial charge in [0.1, 0.15) is 0 Å². The van der Waals surface area contributed by atoms with Crippen molar-refractivity contribution in [3.05, 3.63) is 12.5 Å². The number of nitrogens with one attached hydrogen (secondary N) is 1. The number of aromatic amines is 1. The average molecular weight is 267 g/mol. The quantitative estimate of drug-likeness (QED) is 0.785. The maximum absolute atomic E-state index is 12.0. The van der Waals surface area contributed by atoms with Crippen molar-refractivity contribution in [2.24, 2.45) is 5.73 Å². The highest BCUT2D eigenvalue weighted by atomic mass is 35.5. The molecule has 1 aliphatic rings. The Morgan fingerprint density at radius 2 is 2.31 bits per heavy atom. The Hall–Kier alpha value is -0.630. The summed E-state index contributed by atoms with van der Waals surface area (Å²) in [7, 11) is -3.42. The monoisotopic (exact) mass is 266 g/mol. The summed E-state index contributed by atoms with van der Waals surface area (Å²) in [5.41, 5.74) is 5.74. The summed E-state index contributed by atoms with van der Waals surface area (Å²) in [6, 6.07) is -0.0588. The number of piperidine rings is 1. The second-order valence-electron chi connectivity index (χ2n) is 3.68. The molecule has 1 unspecified atom stereocenters. The molecular formula is C8H15ClN4O2S. The SMILES string of the molecule is Cl.NC1CCCN(S(=O)(=O)c2cnc[nH]2)C1. The minimum atomic E-state index is -3.42. The van der Waals surface area contributed by atoms with Crippen LogP contribution in [0.2, 0.25) is 0 Å². The van der Waals surface area contributed by atoms with Crippen LogP contribution in [0.3, 0.4) is 0 Å². The second-order valence-corrected chi connectivity index (χ2v) is 5.59. The van der Waals surface area contributed by atoms with E-state index in [0.29, 0.717) is 13.1 Å². The molecule has 0 radical (unpaired) electrons. The lowest BCUT2D eigenvalue weighted by Gasteiger charge is -2.29. The van der Waals surface area contributed by atoms with E-state index in [2.05, 4.69) is 9.97 Å². The molecule has 0 amide bonds. The van der Waals surface area contributed by atoms with Gasteiger partial charge in [-0.3, -0.25) is 0 Å². The Balaban J connectivity index is 0.00000128. The van der Waals surface area contributed by atoms with Crippen LogP contribution in [0.15, 0.2) is 17.6 Å². The van der Waals surface area contributed by atoms with Crippen LogP contribution >= 0.6 is 12.4 Å². The van der Waals surface area contributed by atoms with Crippen LogP contribution in [0.25, 0.3) is 0 Å². The molecule has 3 N–H and O–H groups in total. The van der Waals surface area contributed by atoms with Crippen LogP contribution in [-0.2, 0) is 10.0 Å². The van der Waals surface area contributed by atoms with Crippen molar-refractivity contribution in [3.8, 4) is 0 Å². The third-order valence-electron chi connectivity index (χ3n) is 2.51. The van der Waals surface area contributed by atoms with Gasteiger partial charge in [0.15, 0.2) is 5.03 Å². The van der Waals surface area contributed by atoms with E-state index in [9.17, 15) is 8.42 Å². The Kier molecular flexibility index (Phi) is 4.31. The highest BCUT2D eigenvalue weighted by molar-refractivity contribution is 7.89. The number of hydrogen-bond donors (Lipinski definition) is 2. The summed E-state index contributed by atoms with van der Waals surface area (Å²) in [4.78, 5) is 6.32. The summed E-state index contributed by atoms with van der Waals surface area (Å²) in [6.07, 6.45) is 4.37. The van der Waals surface area contributed by atoms with Gasteiger partial charge >= 0.3 is 0 Å². The molecule has 2 heterocycles. The van der Waals surface area contributed by atoms with Gasteiger partial charge in [-0.25, -0.2) is 13.4 Å². The fourth-order valence-electron chi connectivity index (χ4n) is 1.72. The normalized spacial score (nSPS) is 22.7. The zero-order valence-electron chi connectivity index (χ0n) is 8.67. The number of H-pyrrole nitrogens is 1. The molecule has 16 heavy (non-hydrogen) atoms. The molecule has 1 aromatic rings. The molecule has 1 aromatic heterocycles. The number of imidazole rings is 1. The second kappa shape index (κ2) is 5.13. The highest BCUT2D eigenvalue weighted by Gasteiger charge is 2.29. The number of aromatic nitrogens is 2. The van der Waals surface area contributed by atoms with E-state index in [1.807, 2.05) is 0 Å². The predicted molar refractivity (Wildman–Crippen MR) is 61.8 cm³/mol. The molecule has 0 spiro atoms. The van der Waals surface area contributed by atoms with E-state index in [1.165, 1.54) is 16.8 Å². The molecule has 92 valence electrons. The molecule has 2 rings (SSSR count). The van der Waals surface area contributed by atoms with Crippen molar-refractivity contribution in [1.82, 2.24) is 14.3 Å². The van der Waals surface area contributed by atoms with Crippen molar-refractivity contribution in [1.29, 1.82) is 0 Å². The first-order valence-electron chi connectivity index (χ1n) is 4.85. The minimum Gasteiger partial charge on any atom is -0.335 e. The Labute approximate surface area is 101 Å². The standard InChI is InChI=1S/C8H14N4O2S.ClH/c9-7-2-1-3-12(5-7)15(13,14)8-4-10-6-11-8;/h4,6-7H,1-3,5,9H2,(H,10,11);1H. The van der Waals surface area contributed by atoms with E-state index in [1.54, 1.807) is 0 Å². The summed E-state index contributed by atoms with van der Waals surface area (Å²) >= 11 is 0. The van der Waals surface area contributed by atoms with Gasteiger partial charge < -0.3 is 10.7 Å². The molecular weight excluding hydrogens is 252 g/mol. The number of rotatable bonds is 2. The summed E-state index contributed by atoms with van der Waals surface area (Å²) < 4.78 is 25.4. The lowest BCUT2D eigenvalue weighted by atomic mass is 10.1. The zero-order valence-corrected chi connectivity index (χ0v) is 10.3. The van der Waals surface area contributed by atoms with Gasteiger partial charge in [-0.15, -0.1) is 12.4 Å². The molecule has 8 heteroatoms. The number of sulfonamides is 1. The molecule has 6 nitrogen and oxygen atoms in total. The molecule has 0 aliphatic carbocycles. The van der Waals surface area contributed by atoms with E-state index in [4.69, 9.17) is 5.73 Å². The first kappa shape index (κ1) is 13.4. The van der Waals surface area contributed by atoms with Crippen LogP contribution < -0.4 is 5.73 Å². The molecule has 1 fully saturated rings. The molecule has 0 saturated carbocycles. The Morgan fingerprint density at radius 1 is 1.56 bits per heavy atom. The van der Waals surface area contributed by atoms with Crippen molar-refractivity contribution in [2.75, 3.05) is 13.1 Å². The van der Waals surface area contributed by atoms with Crippen molar-refractivity contribution < 1.29 is 8.42 Å². The van der Waals surface area contributed by atoms with Crippen LogP contribution in [0.5, 0.6) is 0 Å². The molecule has 1 saturated heterocycles. The topological polar surface area (TPSA) is 92.1 Å². The minimum absolute atomic E-state index is 0. The van der Waals surface area contributed by atoms with Gasteiger partial charge in [0.2, 0.25) is 0 Å². The lowest BCUT2D eigenvalue weighted by Crippen LogP contribution is -2.45. The van der Waals surface area contributed by atoms with E-state index in [0.717, 1.165) is 12.8 Å². The van der Waals surface area contributed by atoms with Crippen LogP contribution in [0.4, 0.5) is 0 Å². The number of halogens is 1. The van der Waals surface area contributed by atoms with Crippen LogP contribution in [-0.4, -0.2) is 41.8 Å². The fourth-order valence-corrected chi connectivity index (χ4v) is 3.15. The number of nitrogens with two attached hydrogens (primary N) is 1. The highest BCUT2D eigenvalue weighted by Crippen LogP contribution is 2.17. The molecule has 0 bridgehead atoms. The number of hydrogen-bond acceptors (Lipinski definition) is 4. The summed E-state index contributed by atoms with van der Waals surface area (Å²) in [6.45, 7) is 0.927. The van der Waals surface area contributed by atoms with Crippen LogP contribution in [0.1, 0.15) is 12.8 Å². The van der Waals surface area contributed by atoms with Crippen molar-refractivity contribution in [2.45, 2.75) is 23.9 Å². The zero-order chi connectivity index (χ0) is 10.9. The molecule has 1 aliphatic heterocycles. The van der Waals surface area contributed by atoms with Gasteiger partial charge in [-0.1, -0.05) is 0 Å². The smallest absolute Gasteiger partial charge is 0.260 e. The Bertz CT molecular complexity index is 419. The van der Waals surface area contributed by atoms with Gasteiger partial charge in [0.25, 0.3) is 10.0 Å². The third kappa shape index (κ3) is 2.54. The summed E-state index contributed by atoms with van der Waals surface area (Å²) in [5, 5.41) is 0.136. The molecule has 0 aromatic carbocycles. The van der Waals surface area contributed by atoms with Gasteiger partial charge in [0, 0.05) is 19.1 Å². The maximum atomic E-state index is 12.0. The van der Waals surface area contributed by atoms with Crippen molar-refractivity contribution in [3.63, 3.8) is 0 Å². The van der Waals surface area contributed by atoms with Gasteiger partial charge in [-0.2, -0.15) is 4.31 Å². The predicted octanol–water partition coefficient (Wildman–Crippen LogP) is -0.0567. The van der Waals surface area contributed by atoms with E-state index in [-0.39, 0.29) is 23.5 Å². The van der Waals surface area contributed by atoms with E-state index >= 15 is 0 Å². The summed E-state index contributed by atoms with van der Waals surface area (Å²) in [5.74, 6) is 0. The lowest BCUT2D eigenvalue weighted by molar-refractivity contribution is 0.315. The third-order valence-corrected chi connectivity index (χ3v) is 4.30.